The second-order valence-electron chi connectivity index (χ2n) is 2.32. The zero-order valence-electron chi connectivity index (χ0n) is 7.47. The number of ether oxygens (including phenoxy) is 1. The first-order valence-electron chi connectivity index (χ1n) is 4.09. The van der Waals surface area contributed by atoms with E-state index >= 15 is 0 Å². The van der Waals surface area contributed by atoms with Crippen molar-refractivity contribution in [3.63, 3.8) is 0 Å². The predicted molar refractivity (Wildman–Crippen MR) is 49.3 cm³/mol. The Morgan fingerprint density at radius 2 is 2.15 bits per heavy atom. The fourth-order valence-electron chi connectivity index (χ4n) is 0.805. The van der Waals surface area contributed by atoms with Crippen molar-refractivity contribution in [1.29, 1.82) is 0 Å². The molecule has 0 amide bonds. The molecule has 0 aliphatic heterocycles. The van der Waals surface area contributed by atoms with Gasteiger partial charge < -0.3 is 9.84 Å². The molecule has 1 aromatic rings. The Morgan fingerprint density at radius 3 is 2.69 bits per heavy atom. The van der Waals surface area contributed by atoms with Gasteiger partial charge in [-0.25, -0.2) is 9.97 Å². The van der Waals surface area contributed by atoms with Gasteiger partial charge in [0.25, 0.3) is 0 Å². The molecule has 1 heterocycles. The molecule has 0 bridgehead atoms. The third kappa shape index (κ3) is 3.21. The molecule has 13 heavy (non-hydrogen) atoms. The molecule has 1 rings (SSSR count). The zero-order chi connectivity index (χ0) is 9.52. The molecule has 0 radical (unpaired) electrons. The summed E-state index contributed by atoms with van der Waals surface area (Å²) in [4.78, 5) is 7.91. The maximum atomic E-state index is 8.51. The Labute approximate surface area is 76.9 Å². The van der Waals surface area contributed by atoms with Crippen molar-refractivity contribution in [3.8, 4) is 6.01 Å². The Hall–Kier alpha value is -1.42. The summed E-state index contributed by atoms with van der Waals surface area (Å²) in [6, 6.07) is 0.378. The van der Waals surface area contributed by atoms with Crippen molar-refractivity contribution in [2.75, 3.05) is 13.2 Å². The quantitative estimate of drug-likeness (QED) is 0.747. The van der Waals surface area contributed by atoms with E-state index in [1.54, 1.807) is 24.5 Å². The summed E-state index contributed by atoms with van der Waals surface area (Å²) in [6.07, 6.45) is 6.66. The van der Waals surface area contributed by atoms with Crippen LogP contribution in [0.25, 0.3) is 6.08 Å². The molecule has 0 saturated carbocycles. The summed E-state index contributed by atoms with van der Waals surface area (Å²) in [5, 5.41) is 8.51. The Bertz CT molecular complexity index is 269. The summed E-state index contributed by atoms with van der Waals surface area (Å²) < 4.78 is 5.07. The van der Waals surface area contributed by atoms with Crippen LogP contribution in [0.1, 0.15) is 12.5 Å². The Balaban J connectivity index is 2.64. The zero-order valence-corrected chi connectivity index (χ0v) is 7.47. The van der Waals surface area contributed by atoms with E-state index in [-0.39, 0.29) is 6.61 Å². The standard InChI is InChI=1S/C9H12N2O2/c1-2-13-9-10-6-8(7-11-9)4-3-5-12/h3-4,6-7,12H,2,5H2,1H3. The van der Waals surface area contributed by atoms with Crippen LogP contribution in [0.4, 0.5) is 0 Å². The minimum atomic E-state index is 0.0210. The highest BCUT2D eigenvalue weighted by Gasteiger charge is 1.93. The van der Waals surface area contributed by atoms with Crippen LogP contribution in [0.15, 0.2) is 18.5 Å². The second-order valence-corrected chi connectivity index (χ2v) is 2.32. The largest absolute Gasteiger partial charge is 0.464 e. The number of rotatable bonds is 4. The van der Waals surface area contributed by atoms with Crippen LogP contribution in [0.3, 0.4) is 0 Å². The van der Waals surface area contributed by atoms with Crippen molar-refractivity contribution in [2.24, 2.45) is 0 Å². The van der Waals surface area contributed by atoms with Gasteiger partial charge in [-0.3, -0.25) is 0 Å². The van der Waals surface area contributed by atoms with Crippen molar-refractivity contribution < 1.29 is 9.84 Å². The van der Waals surface area contributed by atoms with Gasteiger partial charge in [0, 0.05) is 18.0 Å². The van der Waals surface area contributed by atoms with E-state index < -0.39 is 0 Å². The number of nitrogens with zero attached hydrogens (tertiary/aromatic N) is 2. The average Bonchev–Trinajstić information content (AvgIpc) is 2.17. The molecular formula is C9H12N2O2. The fourth-order valence-corrected chi connectivity index (χ4v) is 0.805. The highest BCUT2D eigenvalue weighted by molar-refractivity contribution is 5.46. The molecule has 4 nitrogen and oxygen atoms in total. The van der Waals surface area contributed by atoms with Gasteiger partial charge in [-0.2, -0.15) is 0 Å². The van der Waals surface area contributed by atoms with E-state index in [0.29, 0.717) is 12.6 Å². The molecule has 0 aliphatic carbocycles. The minimum absolute atomic E-state index is 0.0210. The van der Waals surface area contributed by atoms with Gasteiger partial charge in [0.1, 0.15) is 0 Å². The first kappa shape index (κ1) is 9.67. The van der Waals surface area contributed by atoms with Crippen molar-refractivity contribution in [3.05, 3.63) is 24.0 Å². The second kappa shape index (κ2) is 5.27. The summed E-state index contributed by atoms with van der Waals surface area (Å²) in [7, 11) is 0. The highest BCUT2D eigenvalue weighted by atomic mass is 16.5. The first-order valence-corrected chi connectivity index (χ1v) is 4.09. The van der Waals surface area contributed by atoms with Gasteiger partial charge in [0.05, 0.1) is 13.2 Å². The molecule has 0 spiro atoms. The lowest BCUT2D eigenvalue weighted by Gasteiger charge is -1.99. The number of hydrogen-bond acceptors (Lipinski definition) is 4. The molecule has 0 aliphatic rings. The number of aliphatic hydroxyl groups excluding tert-OH is 1. The van der Waals surface area contributed by atoms with Gasteiger partial charge in [-0.05, 0) is 6.92 Å². The van der Waals surface area contributed by atoms with Crippen LogP contribution in [0.2, 0.25) is 0 Å². The van der Waals surface area contributed by atoms with Gasteiger partial charge in [0.15, 0.2) is 0 Å². The third-order valence-corrected chi connectivity index (χ3v) is 1.34. The van der Waals surface area contributed by atoms with Crippen molar-refractivity contribution >= 4 is 6.08 Å². The number of aromatic nitrogens is 2. The van der Waals surface area contributed by atoms with Crippen LogP contribution in [-0.4, -0.2) is 28.3 Å². The number of hydrogen-bond donors (Lipinski definition) is 1. The van der Waals surface area contributed by atoms with Crippen molar-refractivity contribution in [2.45, 2.75) is 6.92 Å². The lowest BCUT2D eigenvalue weighted by Crippen LogP contribution is -1.96. The highest BCUT2D eigenvalue weighted by Crippen LogP contribution is 2.03. The minimum Gasteiger partial charge on any atom is -0.464 e. The third-order valence-electron chi connectivity index (χ3n) is 1.34. The van der Waals surface area contributed by atoms with Crippen LogP contribution < -0.4 is 4.74 Å². The molecule has 1 aromatic heterocycles. The number of aliphatic hydroxyl groups is 1. The van der Waals surface area contributed by atoms with E-state index in [9.17, 15) is 0 Å². The smallest absolute Gasteiger partial charge is 0.316 e. The molecule has 4 heteroatoms. The van der Waals surface area contributed by atoms with Gasteiger partial charge in [0.2, 0.25) is 0 Å². The van der Waals surface area contributed by atoms with Crippen LogP contribution in [0, 0.1) is 0 Å². The lowest BCUT2D eigenvalue weighted by atomic mass is 10.3. The predicted octanol–water partition coefficient (Wildman–Crippen LogP) is 0.881. The summed E-state index contributed by atoms with van der Waals surface area (Å²) in [5.41, 5.74) is 0.845. The van der Waals surface area contributed by atoms with Crippen molar-refractivity contribution in [1.82, 2.24) is 9.97 Å². The Kier molecular flexibility index (Phi) is 3.92. The maximum absolute atomic E-state index is 8.51. The fraction of sp³-hybridized carbons (Fsp3) is 0.333. The van der Waals surface area contributed by atoms with E-state index in [1.807, 2.05) is 6.92 Å². The van der Waals surface area contributed by atoms with Crippen LogP contribution in [-0.2, 0) is 0 Å². The van der Waals surface area contributed by atoms with Gasteiger partial charge in [-0.1, -0.05) is 12.2 Å². The van der Waals surface area contributed by atoms with E-state index in [2.05, 4.69) is 9.97 Å². The molecule has 0 atom stereocenters. The van der Waals surface area contributed by atoms with Crippen LogP contribution >= 0.6 is 0 Å². The van der Waals surface area contributed by atoms with Crippen LogP contribution in [0.5, 0.6) is 6.01 Å². The molecule has 70 valence electrons. The molecule has 0 unspecified atom stereocenters. The summed E-state index contributed by atoms with van der Waals surface area (Å²) >= 11 is 0. The first-order chi connectivity index (χ1) is 6.36. The average molecular weight is 180 g/mol. The monoisotopic (exact) mass is 180 g/mol. The lowest BCUT2D eigenvalue weighted by molar-refractivity contribution is 0.312. The van der Waals surface area contributed by atoms with E-state index in [1.165, 1.54) is 0 Å². The molecule has 1 N–H and O–H groups in total. The van der Waals surface area contributed by atoms with E-state index in [4.69, 9.17) is 9.84 Å². The summed E-state index contributed by atoms with van der Waals surface area (Å²) in [6.45, 7) is 2.46. The normalized spacial score (nSPS) is 10.6. The molecular weight excluding hydrogens is 168 g/mol. The van der Waals surface area contributed by atoms with E-state index in [0.717, 1.165) is 5.56 Å². The van der Waals surface area contributed by atoms with Gasteiger partial charge >= 0.3 is 6.01 Å². The molecule has 0 aromatic carbocycles. The maximum Gasteiger partial charge on any atom is 0.316 e. The Morgan fingerprint density at radius 1 is 1.46 bits per heavy atom. The molecule has 0 saturated heterocycles. The SMILES string of the molecule is CCOc1ncc(C=CCO)cn1. The topological polar surface area (TPSA) is 55.2 Å². The molecule has 0 fully saturated rings. The summed E-state index contributed by atoms with van der Waals surface area (Å²) in [5.74, 6) is 0. The van der Waals surface area contributed by atoms with Gasteiger partial charge in [-0.15, -0.1) is 0 Å².